The Balaban J connectivity index is 2.55. The van der Waals surface area contributed by atoms with Crippen LogP contribution in [0.3, 0.4) is 0 Å². The number of ether oxygens (including phenoxy) is 2. The van der Waals surface area contributed by atoms with Gasteiger partial charge in [-0.1, -0.05) is 13.0 Å². The molecular formula is C18H22O4. The first-order chi connectivity index (χ1) is 10.5. The van der Waals surface area contributed by atoms with Gasteiger partial charge in [0, 0.05) is 23.1 Å². The zero-order chi connectivity index (χ0) is 16.3. The van der Waals surface area contributed by atoms with Gasteiger partial charge >= 0.3 is 0 Å². The predicted octanol–water partition coefficient (Wildman–Crippen LogP) is 3.97. The van der Waals surface area contributed by atoms with Gasteiger partial charge in [0.25, 0.3) is 0 Å². The molecule has 0 radical (unpaired) electrons. The number of phenolic OH excluding ortho intramolecular Hbond substituents is 2. The van der Waals surface area contributed by atoms with Crippen LogP contribution in [-0.4, -0.2) is 24.4 Å². The molecule has 118 valence electrons. The van der Waals surface area contributed by atoms with E-state index >= 15 is 0 Å². The smallest absolute Gasteiger partial charge is 0.125 e. The van der Waals surface area contributed by atoms with E-state index in [9.17, 15) is 10.2 Å². The van der Waals surface area contributed by atoms with Crippen LogP contribution in [0.25, 0.3) is 0 Å². The molecule has 2 rings (SSSR count). The van der Waals surface area contributed by atoms with Crippen molar-refractivity contribution in [3.8, 4) is 23.0 Å². The van der Waals surface area contributed by atoms with E-state index in [1.165, 1.54) is 6.07 Å². The Hall–Kier alpha value is -2.36. The van der Waals surface area contributed by atoms with Crippen molar-refractivity contribution >= 4 is 0 Å². The molecule has 0 heterocycles. The van der Waals surface area contributed by atoms with Gasteiger partial charge in [0.05, 0.1) is 14.2 Å². The molecule has 0 aliphatic rings. The van der Waals surface area contributed by atoms with Crippen molar-refractivity contribution in [2.75, 3.05) is 14.2 Å². The third kappa shape index (κ3) is 2.96. The van der Waals surface area contributed by atoms with E-state index < -0.39 is 0 Å². The Bertz CT molecular complexity index is 639. The Kier molecular flexibility index (Phi) is 4.81. The van der Waals surface area contributed by atoms with Crippen LogP contribution in [0, 0.1) is 6.92 Å². The lowest BCUT2D eigenvalue weighted by molar-refractivity contribution is 0.387. The fourth-order valence-electron chi connectivity index (χ4n) is 2.77. The molecule has 22 heavy (non-hydrogen) atoms. The molecule has 0 saturated carbocycles. The number of rotatable bonds is 5. The fraction of sp³-hybridized carbons (Fsp3) is 0.333. The highest BCUT2D eigenvalue weighted by Crippen LogP contribution is 2.39. The van der Waals surface area contributed by atoms with E-state index in [2.05, 4.69) is 6.92 Å². The van der Waals surface area contributed by atoms with Crippen LogP contribution in [-0.2, 0) is 0 Å². The number of benzene rings is 2. The lowest BCUT2D eigenvalue weighted by Crippen LogP contribution is -2.03. The van der Waals surface area contributed by atoms with Crippen molar-refractivity contribution in [1.82, 2.24) is 0 Å². The van der Waals surface area contributed by atoms with Crippen LogP contribution in [0.2, 0.25) is 0 Å². The average Bonchev–Trinajstić information content (AvgIpc) is 2.51. The number of phenols is 2. The predicted molar refractivity (Wildman–Crippen MR) is 86.2 cm³/mol. The monoisotopic (exact) mass is 302 g/mol. The maximum Gasteiger partial charge on any atom is 0.125 e. The summed E-state index contributed by atoms with van der Waals surface area (Å²) in [5.41, 5.74) is 2.72. The molecule has 1 atom stereocenters. The molecule has 0 fully saturated rings. The summed E-state index contributed by atoms with van der Waals surface area (Å²) < 4.78 is 10.9. The van der Waals surface area contributed by atoms with E-state index in [0.29, 0.717) is 0 Å². The second kappa shape index (κ2) is 6.60. The first kappa shape index (κ1) is 16.0. The highest BCUT2D eigenvalue weighted by atomic mass is 16.5. The zero-order valence-electron chi connectivity index (χ0n) is 13.4. The zero-order valence-corrected chi connectivity index (χ0v) is 13.4. The van der Waals surface area contributed by atoms with Gasteiger partial charge < -0.3 is 19.7 Å². The molecule has 2 aromatic rings. The van der Waals surface area contributed by atoms with Gasteiger partial charge in [-0.05, 0) is 37.1 Å². The summed E-state index contributed by atoms with van der Waals surface area (Å²) in [6.45, 7) is 4.00. The summed E-state index contributed by atoms with van der Waals surface area (Å²) in [6.07, 6.45) is 0.799. The maximum atomic E-state index is 10.1. The SMILES string of the molecule is CCC(c1cc(OC)c(C)c(OC)c1)c1ccc(O)cc1O. The van der Waals surface area contributed by atoms with Gasteiger partial charge in [-0.3, -0.25) is 0 Å². The first-order valence-corrected chi connectivity index (χ1v) is 7.26. The lowest BCUT2D eigenvalue weighted by atomic mass is 9.87. The average molecular weight is 302 g/mol. The van der Waals surface area contributed by atoms with Gasteiger partial charge in [-0.15, -0.1) is 0 Å². The molecule has 0 saturated heterocycles. The van der Waals surface area contributed by atoms with Gasteiger partial charge in [0.2, 0.25) is 0 Å². The molecule has 0 spiro atoms. The summed E-state index contributed by atoms with van der Waals surface area (Å²) in [5.74, 6) is 1.64. The quantitative estimate of drug-likeness (QED) is 0.877. The Morgan fingerprint density at radius 2 is 1.59 bits per heavy atom. The molecule has 0 bridgehead atoms. The minimum Gasteiger partial charge on any atom is -0.508 e. The molecule has 0 aliphatic carbocycles. The molecule has 4 nitrogen and oxygen atoms in total. The molecule has 2 aromatic carbocycles. The number of hydrogen-bond acceptors (Lipinski definition) is 4. The summed E-state index contributed by atoms with van der Waals surface area (Å²) in [5, 5.41) is 19.6. The summed E-state index contributed by atoms with van der Waals surface area (Å²) in [4.78, 5) is 0. The van der Waals surface area contributed by atoms with Crippen LogP contribution in [0.15, 0.2) is 30.3 Å². The molecule has 0 aliphatic heterocycles. The number of hydrogen-bond donors (Lipinski definition) is 2. The van der Waals surface area contributed by atoms with E-state index in [1.807, 2.05) is 19.1 Å². The molecule has 0 amide bonds. The van der Waals surface area contributed by atoms with E-state index in [4.69, 9.17) is 9.47 Å². The normalized spacial score (nSPS) is 12.0. The number of methoxy groups -OCH3 is 2. The van der Waals surface area contributed by atoms with Crippen molar-refractivity contribution < 1.29 is 19.7 Å². The van der Waals surface area contributed by atoms with Crippen molar-refractivity contribution in [2.24, 2.45) is 0 Å². The standard InChI is InChI=1S/C18H22O4/c1-5-14(15-7-6-13(19)10-16(15)20)12-8-17(21-3)11(2)18(9-12)22-4/h6-10,14,19-20H,5H2,1-4H3. The van der Waals surface area contributed by atoms with Crippen molar-refractivity contribution in [1.29, 1.82) is 0 Å². The molecule has 4 heteroatoms. The Labute approximate surface area is 130 Å². The maximum absolute atomic E-state index is 10.1. The number of aromatic hydroxyl groups is 2. The Morgan fingerprint density at radius 1 is 1.00 bits per heavy atom. The van der Waals surface area contributed by atoms with E-state index in [1.54, 1.807) is 26.4 Å². The van der Waals surface area contributed by atoms with E-state index in [-0.39, 0.29) is 17.4 Å². The summed E-state index contributed by atoms with van der Waals surface area (Å²) in [7, 11) is 3.26. The van der Waals surface area contributed by atoms with Crippen LogP contribution in [0.5, 0.6) is 23.0 Å². The third-order valence-corrected chi connectivity index (χ3v) is 3.97. The minimum absolute atomic E-state index is 0.0102. The Morgan fingerprint density at radius 3 is 2.05 bits per heavy atom. The largest absolute Gasteiger partial charge is 0.508 e. The summed E-state index contributed by atoms with van der Waals surface area (Å²) >= 11 is 0. The second-order valence-corrected chi connectivity index (χ2v) is 5.25. The molecule has 2 N–H and O–H groups in total. The first-order valence-electron chi connectivity index (χ1n) is 7.26. The topological polar surface area (TPSA) is 58.9 Å². The van der Waals surface area contributed by atoms with Gasteiger partial charge in [-0.25, -0.2) is 0 Å². The van der Waals surface area contributed by atoms with Crippen molar-refractivity contribution in [3.63, 3.8) is 0 Å². The molecular weight excluding hydrogens is 280 g/mol. The highest BCUT2D eigenvalue weighted by Gasteiger charge is 2.19. The van der Waals surface area contributed by atoms with Gasteiger partial charge in [0.1, 0.15) is 23.0 Å². The second-order valence-electron chi connectivity index (χ2n) is 5.25. The van der Waals surface area contributed by atoms with Crippen LogP contribution in [0.1, 0.15) is 36.0 Å². The minimum atomic E-state index is -0.0102. The third-order valence-electron chi connectivity index (χ3n) is 3.97. The van der Waals surface area contributed by atoms with E-state index in [0.717, 1.165) is 34.6 Å². The summed E-state index contributed by atoms with van der Waals surface area (Å²) in [6, 6.07) is 8.63. The van der Waals surface area contributed by atoms with Crippen molar-refractivity contribution in [2.45, 2.75) is 26.2 Å². The van der Waals surface area contributed by atoms with Crippen molar-refractivity contribution in [3.05, 3.63) is 47.0 Å². The van der Waals surface area contributed by atoms with Gasteiger partial charge in [0.15, 0.2) is 0 Å². The lowest BCUT2D eigenvalue weighted by Gasteiger charge is -2.20. The fourth-order valence-corrected chi connectivity index (χ4v) is 2.77. The van der Waals surface area contributed by atoms with Crippen LogP contribution in [0.4, 0.5) is 0 Å². The molecule has 1 unspecified atom stereocenters. The highest BCUT2D eigenvalue weighted by molar-refractivity contribution is 5.52. The van der Waals surface area contributed by atoms with Crippen LogP contribution >= 0.6 is 0 Å². The molecule has 0 aromatic heterocycles. The van der Waals surface area contributed by atoms with Crippen LogP contribution < -0.4 is 9.47 Å². The van der Waals surface area contributed by atoms with Gasteiger partial charge in [-0.2, -0.15) is 0 Å².